The number of hydrogen-bond donors (Lipinski definition) is 2. The van der Waals surface area contributed by atoms with Gasteiger partial charge in [-0.15, -0.1) is 0 Å². The number of anilines is 1. The van der Waals surface area contributed by atoms with Crippen molar-refractivity contribution in [2.75, 3.05) is 5.32 Å². The molecule has 0 saturated carbocycles. The number of nitrogens with zero attached hydrogens (tertiary/aromatic N) is 1. The van der Waals surface area contributed by atoms with Crippen LogP contribution in [0.4, 0.5) is 5.69 Å². The Labute approximate surface area is 143 Å². The second-order valence-electron chi connectivity index (χ2n) is 5.02. The summed E-state index contributed by atoms with van der Waals surface area (Å²) >= 11 is 12.1. The van der Waals surface area contributed by atoms with Gasteiger partial charge in [0.2, 0.25) is 0 Å². The smallest absolute Gasteiger partial charge is 0.257 e. The molecule has 1 heterocycles. The maximum Gasteiger partial charge on any atom is 0.257 e. The molecule has 0 bridgehead atoms. The monoisotopic (exact) mass is 345 g/mol. The Hall–Kier alpha value is -2.30. The Bertz CT molecular complexity index is 874. The summed E-state index contributed by atoms with van der Waals surface area (Å²) in [5, 5.41) is 11.0. The summed E-state index contributed by atoms with van der Waals surface area (Å²) in [5.41, 5.74) is 3.21. The number of H-pyrrole nitrogens is 1. The molecule has 1 amide bonds. The fraction of sp³-hybridized carbons (Fsp3) is 0.0588. The number of hydrogen-bond acceptors (Lipinski definition) is 2. The molecule has 6 heteroatoms. The lowest BCUT2D eigenvalue weighted by Gasteiger charge is -2.08. The summed E-state index contributed by atoms with van der Waals surface area (Å²) in [6.07, 6.45) is 0. The van der Waals surface area contributed by atoms with E-state index in [2.05, 4.69) is 15.5 Å². The van der Waals surface area contributed by atoms with Gasteiger partial charge in [-0.2, -0.15) is 5.10 Å². The second-order valence-corrected chi connectivity index (χ2v) is 5.86. The SMILES string of the molecule is Cc1[nH]nc(-c2cccc(Cl)c2)c1NC(=O)c1ccccc1Cl. The van der Waals surface area contributed by atoms with Gasteiger partial charge in [0.15, 0.2) is 0 Å². The van der Waals surface area contributed by atoms with E-state index < -0.39 is 0 Å². The van der Waals surface area contributed by atoms with Crippen molar-refractivity contribution in [1.82, 2.24) is 10.2 Å². The first-order valence-electron chi connectivity index (χ1n) is 6.93. The van der Waals surface area contributed by atoms with E-state index in [0.717, 1.165) is 11.3 Å². The minimum atomic E-state index is -0.289. The first kappa shape index (κ1) is 15.6. The maximum atomic E-state index is 12.5. The molecule has 3 rings (SSSR count). The topological polar surface area (TPSA) is 57.8 Å². The van der Waals surface area contributed by atoms with E-state index in [1.165, 1.54) is 0 Å². The molecule has 0 spiro atoms. The van der Waals surface area contributed by atoms with Crippen LogP contribution in [0.5, 0.6) is 0 Å². The van der Waals surface area contributed by atoms with Crippen molar-refractivity contribution >= 4 is 34.8 Å². The fourth-order valence-corrected chi connectivity index (χ4v) is 2.66. The van der Waals surface area contributed by atoms with Gasteiger partial charge in [0.05, 0.1) is 22.0 Å². The minimum Gasteiger partial charge on any atom is -0.318 e. The van der Waals surface area contributed by atoms with E-state index in [4.69, 9.17) is 23.2 Å². The number of carbonyl (C=O) groups excluding carboxylic acids is 1. The molecule has 0 atom stereocenters. The van der Waals surface area contributed by atoms with Crippen molar-refractivity contribution in [1.29, 1.82) is 0 Å². The number of aromatic amines is 1. The Balaban J connectivity index is 1.97. The third-order valence-electron chi connectivity index (χ3n) is 3.40. The highest BCUT2D eigenvalue weighted by atomic mass is 35.5. The highest BCUT2D eigenvalue weighted by molar-refractivity contribution is 6.34. The number of nitrogens with one attached hydrogen (secondary N) is 2. The summed E-state index contributed by atoms with van der Waals surface area (Å²) in [7, 11) is 0. The summed E-state index contributed by atoms with van der Waals surface area (Å²) in [5.74, 6) is -0.289. The molecule has 0 aliphatic heterocycles. The molecular weight excluding hydrogens is 333 g/mol. The average molecular weight is 346 g/mol. The first-order valence-corrected chi connectivity index (χ1v) is 7.68. The van der Waals surface area contributed by atoms with Crippen LogP contribution in [0, 0.1) is 6.92 Å². The van der Waals surface area contributed by atoms with Gasteiger partial charge >= 0.3 is 0 Å². The Kier molecular flexibility index (Phi) is 4.37. The van der Waals surface area contributed by atoms with E-state index in [9.17, 15) is 4.79 Å². The van der Waals surface area contributed by atoms with Gasteiger partial charge in [-0.3, -0.25) is 9.89 Å². The third kappa shape index (κ3) is 3.23. The van der Waals surface area contributed by atoms with Crippen molar-refractivity contribution in [3.05, 3.63) is 69.8 Å². The van der Waals surface area contributed by atoms with Crippen LogP contribution in [0.2, 0.25) is 10.0 Å². The predicted molar refractivity (Wildman–Crippen MR) is 93.2 cm³/mol. The highest BCUT2D eigenvalue weighted by Gasteiger charge is 2.17. The number of carbonyl (C=O) groups is 1. The summed E-state index contributed by atoms with van der Waals surface area (Å²) in [6.45, 7) is 1.84. The van der Waals surface area contributed by atoms with Crippen molar-refractivity contribution in [3.63, 3.8) is 0 Å². The van der Waals surface area contributed by atoms with Crippen LogP contribution in [-0.4, -0.2) is 16.1 Å². The van der Waals surface area contributed by atoms with Crippen LogP contribution in [0.3, 0.4) is 0 Å². The van der Waals surface area contributed by atoms with Crippen LogP contribution in [0.1, 0.15) is 16.1 Å². The molecule has 4 nitrogen and oxygen atoms in total. The van der Waals surface area contributed by atoms with E-state index in [-0.39, 0.29) is 5.91 Å². The molecule has 1 aromatic heterocycles. The van der Waals surface area contributed by atoms with Crippen molar-refractivity contribution in [3.8, 4) is 11.3 Å². The van der Waals surface area contributed by atoms with Crippen LogP contribution in [-0.2, 0) is 0 Å². The molecule has 0 radical (unpaired) electrons. The quantitative estimate of drug-likeness (QED) is 0.705. The van der Waals surface area contributed by atoms with Crippen LogP contribution >= 0.6 is 23.2 Å². The molecule has 0 fully saturated rings. The lowest BCUT2D eigenvalue weighted by atomic mass is 10.1. The average Bonchev–Trinajstić information content (AvgIpc) is 2.89. The number of aromatic nitrogens is 2. The van der Waals surface area contributed by atoms with Crippen LogP contribution in [0.25, 0.3) is 11.3 Å². The van der Waals surface area contributed by atoms with Crippen molar-refractivity contribution in [2.24, 2.45) is 0 Å². The zero-order chi connectivity index (χ0) is 16.4. The van der Waals surface area contributed by atoms with Crippen LogP contribution in [0.15, 0.2) is 48.5 Å². The standard InChI is InChI=1S/C17H13Cl2N3O/c1-10-15(20-17(23)13-7-2-3-8-14(13)19)16(22-21-10)11-5-4-6-12(18)9-11/h2-9H,1H3,(H,20,23)(H,21,22). The van der Waals surface area contributed by atoms with Gasteiger partial charge in [0, 0.05) is 10.6 Å². The molecule has 0 unspecified atom stereocenters. The van der Waals surface area contributed by atoms with E-state index >= 15 is 0 Å². The van der Waals surface area contributed by atoms with E-state index in [0.29, 0.717) is 27.0 Å². The number of benzene rings is 2. The predicted octanol–water partition coefficient (Wildman–Crippen LogP) is 4.94. The van der Waals surface area contributed by atoms with Gasteiger partial charge in [-0.25, -0.2) is 0 Å². The van der Waals surface area contributed by atoms with Gasteiger partial charge in [0.25, 0.3) is 5.91 Å². The molecule has 23 heavy (non-hydrogen) atoms. The van der Waals surface area contributed by atoms with Gasteiger partial charge < -0.3 is 5.32 Å². The molecule has 2 aromatic carbocycles. The number of halogens is 2. The third-order valence-corrected chi connectivity index (χ3v) is 3.97. The first-order chi connectivity index (χ1) is 11.1. The molecule has 0 aliphatic rings. The number of rotatable bonds is 3. The molecule has 0 saturated heterocycles. The van der Waals surface area contributed by atoms with Crippen molar-refractivity contribution < 1.29 is 4.79 Å². The second kappa shape index (κ2) is 6.44. The Morgan fingerprint density at radius 2 is 1.91 bits per heavy atom. The Morgan fingerprint density at radius 3 is 2.65 bits per heavy atom. The number of aryl methyl sites for hydroxylation is 1. The molecule has 2 N–H and O–H groups in total. The lowest BCUT2D eigenvalue weighted by Crippen LogP contribution is -2.13. The minimum absolute atomic E-state index is 0.289. The molecule has 3 aromatic rings. The van der Waals surface area contributed by atoms with E-state index in [1.807, 2.05) is 19.1 Å². The maximum absolute atomic E-state index is 12.5. The zero-order valence-electron chi connectivity index (χ0n) is 12.2. The fourth-order valence-electron chi connectivity index (χ4n) is 2.25. The molecule has 0 aliphatic carbocycles. The zero-order valence-corrected chi connectivity index (χ0v) is 13.7. The normalized spacial score (nSPS) is 10.6. The highest BCUT2D eigenvalue weighted by Crippen LogP contribution is 2.30. The largest absolute Gasteiger partial charge is 0.318 e. The van der Waals surface area contributed by atoms with Gasteiger partial charge in [-0.1, -0.05) is 47.5 Å². The summed E-state index contributed by atoms with van der Waals surface area (Å²) in [6, 6.07) is 14.2. The summed E-state index contributed by atoms with van der Waals surface area (Å²) < 4.78 is 0. The van der Waals surface area contributed by atoms with Crippen molar-refractivity contribution in [2.45, 2.75) is 6.92 Å². The van der Waals surface area contributed by atoms with Crippen LogP contribution < -0.4 is 5.32 Å². The van der Waals surface area contributed by atoms with Gasteiger partial charge in [-0.05, 0) is 31.2 Å². The Morgan fingerprint density at radius 1 is 1.13 bits per heavy atom. The number of amides is 1. The van der Waals surface area contributed by atoms with E-state index in [1.54, 1.807) is 36.4 Å². The molecule has 116 valence electrons. The molecular formula is C17H13Cl2N3O. The lowest BCUT2D eigenvalue weighted by molar-refractivity contribution is 0.102. The van der Waals surface area contributed by atoms with Gasteiger partial charge in [0.1, 0.15) is 5.69 Å². The summed E-state index contributed by atoms with van der Waals surface area (Å²) in [4.78, 5) is 12.5.